The standard InChI is InChI=1S/C15H17N7OS/c1-9-20-13(22-14(21-9)24-3)15(12(16)17-6-7-19-15)10-4-5-11(23-2)18-8-10/h4-8,12H,16H2,1-3H3. The lowest BCUT2D eigenvalue weighted by Crippen LogP contribution is -2.47. The van der Waals surface area contributed by atoms with Crippen LogP contribution in [0.1, 0.15) is 17.2 Å². The van der Waals surface area contributed by atoms with Crippen LogP contribution in [-0.2, 0) is 5.54 Å². The number of nitrogens with two attached hydrogens (primary N) is 1. The molecule has 9 heteroatoms. The van der Waals surface area contributed by atoms with Crippen molar-refractivity contribution in [1.82, 2.24) is 19.9 Å². The van der Waals surface area contributed by atoms with Crippen molar-refractivity contribution in [1.29, 1.82) is 0 Å². The number of nitrogens with zero attached hydrogens (tertiary/aromatic N) is 6. The first-order chi connectivity index (χ1) is 11.6. The number of rotatable bonds is 4. The third-order valence-electron chi connectivity index (χ3n) is 3.66. The summed E-state index contributed by atoms with van der Waals surface area (Å²) in [6.07, 6.45) is 6.07. The molecule has 0 amide bonds. The maximum absolute atomic E-state index is 6.31. The van der Waals surface area contributed by atoms with E-state index in [0.717, 1.165) is 5.56 Å². The van der Waals surface area contributed by atoms with Gasteiger partial charge in [-0.2, -0.15) is 0 Å². The number of methoxy groups -OCH3 is 1. The van der Waals surface area contributed by atoms with Crippen molar-refractivity contribution in [3.05, 3.63) is 35.5 Å². The lowest BCUT2D eigenvalue weighted by Gasteiger charge is -2.33. The summed E-state index contributed by atoms with van der Waals surface area (Å²) in [5.74, 6) is 1.55. The van der Waals surface area contributed by atoms with Gasteiger partial charge in [-0.1, -0.05) is 11.8 Å². The highest BCUT2D eigenvalue weighted by molar-refractivity contribution is 7.98. The van der Waals surface area contributed by atoms with Crippen LogP contribution >= 0.6 is 11.8 Å². The van der Waals surface area contributed by atoms with Crippen LogP contribution in [0.5, 0.6) is 5.88 Å². The number of hydrogen-bond acceptors (Lipinski definition) is 9. The molecule has 3 rings (SSSR count). The highest BCUT2D eigenvalue weighted by Crippen LogP contribution is 2.36. The van der Waals surface area contributed by atoms with E-state index in [2.05, 4.69) is 29.9 Å². The Morgan fingerprint density at radius 1 is 1.21 bits per heavy atom. The van der Waals surface area contributed by atoms with Crippen molar-refractivity contribution in [2.24, 2.45) is 15.7 Å². The number of aromatic nitrogens is 4. The molecule has 2 N–H and O–H groups in total. The summed E-state index contributed by atoms with van der Waals surface area (Å²) in [4.78, 5) is 26.5. The molecule has 2 aromatic rings. The quantitative estimate of drug-likeness (QED) is 0.824. The van der Waals surface area contributed by atoms with Gasteiger partial charge in [0.2, 0.25) is 5.88 Å². The Hall–Kier alpha value is -2.39. The molecule has 0 bridgehead atoms. The maximum atomic E-state index is 6.31. The molecule has 2 aromatic heterocycles. The van der Waals surface area contributed by atoms with Crippen molar-refractivity contribution in [3.8, 4) is 5.88 Å². The lowest BCUT2D eigenvalue weighted by molar-refractivity contribution is 0.388. The molecule has 1 aliphatic rings. The molecule has 124 valence electrons. The number of aliphatic imine (C=N–C) groups is 2. The second kappa shape index (κ2) is 6.62. The molecule has 2 unspecified atom stereocenters. The fourth-order valence-electron chi connectivity index (χ4n) is 2.48. The van der Waals surface area contributed by atoms with Crippen LogP contribution in [0.3, 0.4) is 0 Å². The molecule has 0 saturated heterocycles. The van der Waals surface area contributed by atoms with Gasteiger partial charge in [0, 0.05) is 30.3 Å². The molecule has 0 aliphatic carbocycles. The van der Waals surface area contributed by atoms with Crippen molar-refractivity contribution >= 4 is 24.2 Å². The van der Waals surface area contributed by atoms with Crippen LogP contribution < -0.4 is 10.5 Å². The second-order valence-electron chi connectivity index (χ2n) is 5.07. The van der Waals surface area contributed by atoms with Crippen LogP contribution in [0.15, 0.2) is 33.5 Å². The fraction of sp³-hybridized carbons (Fsp3) is 0.333. The second-order valence-corrected chi connectivity index (χ2v) is 5.84. The predicted molar refractivity (Wildman–Crippen MR) is 92.9 cm³/mol. The number of pyridine rings is 1. The molecule has 8 nitrogen and oxygen atoms in total. The van der Waals surface area contributed by atoms with E-state index in [9.17, 15) is 0 Å². The van der Waals surface area contributed by atoms with Crippen molar-refractivity contribution < 1.29 is 4.74 Å². The van der Waals surface area contributed by atoms with Crippen molar-refractivity contribution in [2.45, 2.75) is 23.8 Å². The number of hydrogen-bond donors (Lipinski definition) is 1. The zero-order chi connectivity index (χ0) is 17.2. The molecule has 0 radical (unpaired) electrons. The molecular formula is C15H17N7OS. The van der Waals surface area contributed by atoms with E-state index in [1.165, 1.54) is 11.8 Å². The molecular weight excluding hydrogens is 326 g/mol. The molecule has 2 atom stereocenters. The Morgan fingerprint density at radius 3 is 2.67 bits per heavy atom. The van der Waals surface area contributed by atoms with Gasteiger partial charge in [-0.3, -0.25) is 9.98 Å². The first-order valence-electron chi connectivity index (χ1n) is 7.20. The minimum atomic E-state index is -1.05. The fourth-order valence-corrected chi connectivity index (χ4v) is 2.88. The van der Waals surface area contributed by atoms with Crippen LogP contribution in [0, 0.1) is 6.92 Å². The minimum absolute atomic E-state index is 0.451. The normalized spacial score (nSPS) is 22.6. The minimum Gasteiger partial charge on any atom is -0.481 e. The molecule has 0 spiro atoms. The topological polar surface area (TPSA) is 112 Å². The zero-order valence-corrected chi connectivity index (χ0v) is 14.4. The van der Waals surface area contributed by atoms with Crippen molar-refractivity contribution in [3.63, 3.8) is 0 Å². The molecule has 1 aliphatic heterocycles. The summed E-state index contributed by atoms with van der Waals surface area (Å²) in [7, 11) is 1.56. The van der Waals surface area contributed by atoms with Gasteiger partial charge in [0.1, 0.15) is 12.0 Å². The van der Waals surface area contributed by atoms with Crippen LogP contribution in [0.2, 0.25) is 0 Å². The summed E-state index contributed by atoms with van der Waals surface area (Å²) in [5, 5.41) is 0.607. The van der Waals surface area contributed by atoms with Gasteiger partial charge in [-0.05, 0) is 19.2 Å². The third kappa shape index (κ3) is 2.76. The van der Waals surface area contributed by atoms with E-state index >= 15 is 0 Å². The van der Waals surface area contributed by atoms with Gasteiger partial charge in [0.15, 0.2) is 16.5 Å². The Labute approximate surface area is 143 Å². The van der Waals surface area contributed by atoms with Gasteiger partial charge >= 0.3 is 0 Å². The van der Waals surface area contributed by atoms with Gasteiger partial charge < -0.3 is 10.5 Å². The average Bonchev–Trinajstić information content (AvgIpc) is 2.62. The van der Waals surface area contributed by atoms with Crippen LogP contribution in [0.4, 0.5) is 0 Å². The Morgan fingerprint density at radius 2 is 2.04 bits per heavy atom. The molecule has 0 saturated carbocycles. The highest BCUT2D eigenvalue weighted by Gasteiger charge is 2.45. The van der Waals surface area contributed by atoms with Gasteiger partial charge in [-0.15, -0.1) is 0 Å². The Balaban J connectivity index is 2.21. The number of ether oxygens (including phenoxy) is 1. The SMILES string of the molecule is COc1ccc(C2(c3nc(C)nc(SC)n3)N=CC=NC2N)cn1. The summed E-state index contributed by atoms with van der Waals surface area (Å²) in [6.45, 7) is 1.81. The zero-order valence-electron chi connectivity index (χ0n) is 13.5. The highest BCUT2D eigenvalue weighted by atomic mass is 32.2. The number of aryl methyl sites for hydroxylation is 1. The van der Waals surface area contributed by atoms with Crippen LogP contribution in [0.25, 0.3) is 0 Å². The van der Waals surface area contributed by atoms with Gasteiger partial charge in [0.05, 0.1) is 7.11 Å². The first kappa shape index (κ1) is 16.5. The summed E-state index contributed by atoms with van der Waals surface area (Å²) in [6, 6.07) is 3.60. The summed E-state index contributed by atoms with van der Waals surface area (Å²) < 4.78 is 5.12. The molecule has 24 heavy (non-hydrogen) atoms. The van der Waals surface area contributed by atoms with Crippen LogP contribution in [-0.4, -0.2) is 51.9 Å². The third-order valence-corrected chi connectivity index (χ3v) is 4.20. The van der Waals surface area contributed by atoms with E-state index in [-0.39, 0.29) is 0 Å². The van der Waals surface area contributed by atoms with E-state index in [1.54, 1.807) is 31.8 Å². The summed E-state index contributed by atoms with van der Waals surface area (Å²) in [5.41, 5.74) is 6.00. The maximum Gasteiger partial charge on any atom is 0.212 e. The van der Waals surface area contributed by atoms with Crippen molar-refractivity contribution in [2.75, 3.05) is 13.4 Å². The van der Waals surface area contributed by atoms with Gasteiger partial charge in [0.25, 0.3) is 0 Å². The van der Waals surface area contributed by atoms with E-state index in [0.29, 0.717) is 22.7 Å². The molecule has 3 heterocycles. The van der Waals surface area contributed by atoms with E-state index in [4.69, 9.17) is 10.5 Å². The summed E-state index contributed by atoms with van der Waals surface area (Å²) >= 11 is 1.43. The van der Waals surface area contributed by atoms with E-state index in [1.807, 2.05) is 19.2 Å². The smallest absolute Gasteiger partial charge is 0.212 e. The number of thioether (sulfide) groups is 1. The Kier molecular flexibility index (Phi) is 4.54. The first-order valence-corrected chi connectivity index (χ1v) is 8.43. The monoisotopic (exact) mass is 343 g/mol. The molecule has 0 aromatic carbocycles. The van der Waals surface area contributed by atoms with E-state index < -0.39 is 11.7 Å². The average molecular weight is 343 g/mol. The molecule has 0 fully saturated rings. The van der Waals surface area contributed by atoms with Gasteiger partial charge in [-0.25, -0.2) is 19.9 Å². The lowest BCUT2D eigenvalue weighted by atomic mass is 9.87. The largest absolute Gasteiger partial charge is 0.481 e. The Bertz CT molecular complexity index is 793. The predicted octanol–water partition coefficient (Wildman–Crippen LogP) is 0.989.